The highest BCUT2D eigenvalue weighted by molar-refractivity contribution is 5.83. The Kier molecular flexibility index (Phi) is 4.57. The molecule has 1 aliphatic heterocycles. The van der Waals surface area contributed by atoms with Crippen LogP contribution in [0.15, 0.2) is 36.7 Å². The lowest BCUT2D eigenvalue weighted by atomic mass is 10.00. The van der Waals surface area contributed by atoms with Crippen LogP contribution < -0.4 is 5.32 Å². The van der Waals surface area contributed by atoms with E-state index in [-0.39, 0.29) is 11.9 Å². The Morgan fingerprint density at radius 1 is 1.24 bits per heavy atom. The Morgan fingerprint density at radius 2 is 2.00 bits per heavy atom. The number of amides is 1. The second-order valence-corrected chi connectivity index (χ2v) is 7.29. The van der Waals surface area contributed by atoms with Crippen LogP contribution in [-0.4, -0.2) is 32.9 Å². The quantitative estimate of drug-likeness (QED) is 0.932. The molecule has 2 aliphatic rings. The van der Waals surface area contributed by atoms with Crippen LogP contribution >= 0.6 is 0 Å². The van der Waals surface area contributed by atoms with Crippen molar-refractivity contribution >= 4 is 5.91 Å². The molecule has 25 heavy (non-hydrogen) atoms. The summed E-state index contributed by atoms with van der Waals surface area (Å²) in [5.74, 6) is 0.132. The predicted molar refractivity (Wildman–Crippen MR) is 96.9 cm³/mol. The number of aryl methyl sites for hydroxylation is 1. The van der Waals surface area contributed by atoms with Crippen LogP contribution in [0.4, 0.5) is 0 Å². The lowest BCUT2D eigenvalue weighted by molar-refractivity contribution is -0.128. The van der Waals surface area contributed by atoms with Gasteiger partial charge in [-0.05, 0) is 18.4 Å². The van der Waals surface area contributed by atoms with Crippen molar-refractivity contribution in [3.05, 3.63) is 53.6 Å². The zero-order valence-corrected chi connectivity index (χ0v) is 14.8. The van der Waals surface area contributed by atoms with Gasteiger partial charge >= 0.3 is 0 Å². The fraction of sp³-hybridized carbons (Fsp3) is 0.500. The highest BCUT2D eigenvalue weighted by atomic mass is 16.2. The summed E-state index contributed by atoms with van der Waals surface area (Å²) in [5.41, 5.74) is 3.36. The van der Waals surface area contributed by atoms with Crippen molar-refractivity contribution in [2.75, 3.05) is 6.54 Å². The van der Waals surface area contributed by atoms with Crippen LogP contribution in [0, 0.1) is 0 Å². The van der Waals surface area contributed by atoms with E-state index in [1.54, 1.807) is 0 Å². The Hall–Kier alpha value is -2.14. The lowest BCUT2D eigenvalue weighted by Gasteiger charge is -2.35. The van der Waals surface area contributed by atoms with Crippen molar-refractivity contribution in [2.45, 2.75) is 50.7 Å². The standard InChI is InChI=1S/C20H26N4O/c1-23-14-21-17-11-12-24(13-15-7-3-2-4-8-15)19(18(17)23)20(25)22-16-9-5-6-10-16/h2-4,7-8,14,16,19H,5-6,9-13H2,1H3,(H,22,25). The van der Waals surface area contributed by atoms with Gasteiger partial charge in [0.1, 0.15) is 6.04 Å². The first-order valence-corrected chi connectivity index (χ1v) is 9.31. The minimum absolute atomic E-state index is 0.132. The maximum atomic E-state index is 13.2. The Balaban J connectivity index is 1.61. The molecule has 2 aromatic rings. The van der Waals surface area contributed by atoms with Crippen molar-refractivity contribution in [3.63, 3.8) is 0 Å². The topological polar surface area (TPSA) is 50.2 Å². The first-order valence-electron chi connectivity index (χ1n) is 9.31. The summed E-state index contributed by atoms with van der Waals surface area (Å²) in [5, 5.41) is 3.30. The Labute approximate surface area is 149 Å². The second-order valence-electron chi connectivity index (χ2n) is 7.29. The van der Waals surface area contributed by atoms with Gasteiger partial charge in [0.05, 0.1) is 17.7 Å². The fourth-order valence-corrected chi connectivity index (χ4v) is 4.21. The van der Waals surface area contributed by atoms with E-state index >= 15 is 0 Å². The van der Waals surface area contributed by atoms with Crippen LogP contribution in [0.2, 0.25) is 0 Å². The van der Waals surface area contributed by atoms with E-state index in [1.807, 2.05) is 24.0 Å². The first-order chi connectivity index (χ1) is 12.2. The summed E-state index contributed by atoms with van der Waals surface area (Å²) in [6, 6.07) is 10.5. The zero-order chi connectivity index (χ0) is 17.2. The maximum Gasteiger partial charge on any atom is 0.243 e. The minimum Gasteiger partial charge on any atom is -0.352 e. The van der Waals surface area contributed by atoms with E-state index in [4.69, 9.17) is 0 Å². The highest BCUT2D eigenvalue weighted by Gasteiger charge is 2.37. The third-order valence-electron chi connectivity index (χ3n) is 5.50. The molecule has 5 nitrogen and oxygen atoms in total. The molecule has 1 unspecified atom stereocenters. The van der Waals surface area contributed by atoms with Gasteiger partial charge in [0.2, 0.25) is 5.91 Å². The van der Waals surface area contributed by atoms with Crippen LogP contribution in [-0.2, 0) is 24.8 Å². The predicted octanol–water partition coefficient (Wildman–Crippen LogP) is 2.58. The van der Waals surface area contributed by atoms with E-state index in [1.165, 1.54) is 18.4 Å². The molecule has 0 bridgehead atoms. The lowest BCUT2D eigenvalue weighted by Crippen LogP contribution is -2.47. The molecule has 1 saturated carbocycles. The molecule has 1 aliphatic carbocycles. The SMILES string of the molecule is Cn1cnc2c1C(C(=O)NC1CCCC1)N(Cc1ccccc1)CC2. The normalized spacial score (nSPS) is 21.2. The number of imidazole rings is 1. The number of carbonyl (C=O) groups excluding carboxylic acids is 1. The van der Waals surface area contributed by atoms with Gasteiger partial charge in [0.25, 0.3) is 0 Å². The van der Waals surface area contributed by atoms with E-state index in [0.717, 1.165) is 43.7 Å². The number of benzene rings is 1. The summed E-state index contributed by atoms with van der Waals surface area (Å²) in [6.45, 7) is 1.65. The van der Waals surface area contributed by atoms with E-state index in [0.29, 0.717) is 6.04 Å². The van der Waals surface area contributed by atoms with Crippen LogP contribution in [0.3, 0.4) is 0 Å². The van der Waals surface area contributed by atoms with Crippen molar-refractivity contribution < 1.29 is 4.79 Å². The van der Waals surface area contributed by atoms with Crippen molar-refractivity contribution in [3.8, 4) is 0 Å². The molecule has 1 fully saturated rings. The molecular formula is C20H26N4O. The average molecular weight is 338 g/mol. The fourth-order valence-electron chi connectivity index (χ4n) is 4.21. The smallest absolute Gasteiger partial charge is 0.243 e. The van der Waals surface area contributed by atoms with Crippen LogP contribution in [0.1, 0.15) is 48.7 Å². The number of carbonyl (C=O) groups is 1. The van der Waals surface area contributed by atoms with Crippen molar-refractivity contribution in [1.82, 2.24) is 19.8 Å². The van der Waals surface area contributed by atoms with Crippen molar-refractivity contribution in [2.24, 2.45) is 7.05 Å². The van der Waals surface area contributed by atoms with Crippen LogP contribution in [0.25, 0.3) is 0 Å². The zero-order valence-electron chi connectivity index (χ0n) is 14.8. The monoisotopic (exact) mass is 338 g/mol. The summed E-state index contributed by atoms with van der Waals surface area (Å²) in [6.07, 6.45) is 7.40. The molecule has 1 N–H and O–H groups in total. The molecule has 1 aromatic carbocycles. The number of hydrogen-bond acceptors (Lipinski definition) is 3. The molecule has 0 saturated heterocycles. The van der Waals surface area contributed by atoms with Crippen LogP contribution in [0.5, 0.6) is 0 Å². The third-order valence-corrected chi connectivity index (χ3v) is 5.50. The van der Waals surface area contributed by atoms with Gasteiger partial charge in [0.15, 0.2) is 0 Å². The number of fused-ring (bicyclic) bond motifs is 1. The molecule has 1 atom stereocenters. The summed E-state index contributed by atoms with van der Waals surface area (Å²) >= 11 is 0. The number of nitrogens with one attached hydrogen (secondary N) is 1. The molecule has 1 amide bonds. The first kappa shape index (κ1) is 16.3. The van der Waals surface area contributed by atoms with E-state index in [2.05, 4.69) is 39.5 Å². The van der Waals surface area contributed by atoms with Gasteiger partial charge in [-0.3, -0.25) is 9.69 Å². The average Bonchev–Trinajstić information content (AvgIpc) is 3.26. The van der Waals surface area contributed by atoms with E-state index in [9.17, 15) is 4.79 Å². The minimum atomic E-state index is -0.253. The Bertz CT molecular complexity index is 733. The molecule has 0 radical (unpaired) electrons. The number of aromatic nitrogens is 2. The molecule has 2 heterocycles. The van der Waals surface area contributed by atoms with Gasteiger partial charge in [-0.1, -0.05) is 43.2 Å². The summed E-state index contributed by atoms with van der Waals surface area (Å²) < 4.78 is 2.02. The summed E-state index contributed by atoms with van der Waals surface area (Å²) in [4.78, 5) is 20.0. The number of nitrogens with zero attached hydrogens (tertiary/aromatic N) is 3. The molecule has 132 valence electrons. The maximum absolute atomic E-state index is 13.2. The number of rotatable bonds is 4. The third kappa shape index (κ3) is 3.33. The Morgan fingerprint density at radius 3 is 2.76 bits per heavy atom. The summed E-state index contributed by atoms with van der Waals surface area (Å²) in [7, 11) is 1.99. The van der Waals surface area contributed by atoms with Gasteiger partial charge in [-0.2, -0.15) is 0 Å². The van der Waals surface area contributed by atoms with Gasteiger partial charge in [-0.25, -0.2) is 4.98 Å². The van der Waals surface area contributed by atoms with Gasteiger partial charge < -0.3 is 9.88 Å². The molecule has 0 spiro atoms. The van der Waals surface area contributed by atoms with Gasteiger partial charge in [0, 0.05) is 32.6 Å². The van der Waals surface area contributed by atoms with Gasteiger partial charge in [-0.15, -0.1) is 0 Å². The number of hydrogen-bond donors (Lipinski definition) is 1. The molecule has 4 rings (SSSR count). The molecule has 5 heteroatoms. The van der Waals surface area contributed by atoms with Crippen molar-refractivity contribution in [1.29, 1.82) is 0 Å². The highest BCUT2D eigenvalue weighted by Crippen LogP contribution is 2.31. The largest absolute Gasteiger partial charge is 0.352 e. The second kappa shape index (κ2) is 7.00. The molecule has 1 aromatic heterocycles. The molecular weight excluding hydrogens is 312 g/mol. The van der Waals surface area contributed by atoms with E-state index < -0.39 is 0 Å².